The van der Waals surface area contributed by atoms with Gasteiger partial charge in [-0.15, -0.1) is 0 Å². The third kappa shape index (κ3) is 35.4. The largest absolute Gasteiger partial charge is 0.481 e. The first-order chi connectivity index (χ1) is 21.6. The van der Waals surface area contributed by atoms with Crippen molar-refractivity contribution in [2.75, 3.05) is 0 Å². The number of aliphatic carboxylic acids is 1. The normalized spacial score (nSPS) is 12.0. The first kappa shape index (κ1) is 42.9. The molecule has 0 aliphatic carbocycles. The van der Waals surface area contributed by atoms with E-state index in [0.717, 1.165) is 12.8 Å². The lowest BCUT2D eigenvalue weighted by Gasteiger charge is -2.19. The maximum absolute atomic E-state index is 12.3. The summed E-state index contributed by atoms with van der Waals surface area (Å²) in [4.78, 5) is 23.2. The van der Waals surface area contributed by atoms with Crippen molar-refractivity contribution in [3.63, 3.8) is 0 Å². The SMILES string of the molecule is CCCCCCCCCCCCCCCCCCC(CCCCCCCCCCCCCCCCC)NC(=O)CCC(=O)O. The van der Waals surface area contributed by atoms with E-state index in [1.165, 1.54) is 199 Å². The van der Waals surface area contributed by atoms with E-state index >= 15 is 0 Å². The van der Waals surface area contributed by atoms with Crippen molar-refractivity contribution in [1.82, 2.24) is 5.32 Å². The van der Waals surface area contributed by atoms with Crippen LogP contribution in [0.25, 0.3) is 0 Å². The van der Waals surface area contributed by atoms with Crippen LogP contribution in [0.1, 0.15) is 239 Å². The summed E-state index contributed by atoms with van der Waals surface area (Å²) >= 11 is 0. The molecule has 0 aromatic heterocycles. The van der Waals surface area contributed by atoms with E-state index in [4.69, 9.17) is 5.11 Å². The van der Waals surface area contributed by atoms with Gasteiger partial charge in [-0.05, 0) is 12.8 Å². The Balaban J connectivity index is 3.81. The summed E-state index contributed by atoms with van der Waals surface area (Å²) in [7, 11) is 0. The van der Waals surface area contributed by atoms with Crippen LogP contribution >= 0.6 is 0 Å². The van der Waals surface area contributed by atoms with Crippen molar-refractivity contribution in [3.8, 4) is 0 Å². The van der Waals surface area contributed by atoms with Crippen LogP contribution in [0.15, 0.2) is 0 Å². The number of carbonyl (C=O) groups is 2. The van der Waals surface area contributed by atoms with Crippen LogP contribution in [-0.2, 0) is 9.59 Å². The number of carboxylic acid groups (broad SMARTS) is 1. The van der Waals surface area contributed by atoms with Gasteiger partial charge in [0.15, 0.2) is 0 Å². The Bertz CT molecular complexity index is 593. The van der Waals surface area contributed by atoms with Crippen molar-refractivity contribution < 1.29 is 14.7 Å². The maximum atomic E-state index is 12.3. The molecule has 0 aliphatic rings. The number of carboxylic acids is 1. The molecule has 1 amide bonds. The summed E-state index contributed by atoms with van der Waals surface area (Å²) in [5.74, 6) is -0.980. The van der Waals surface area contributed by atoms with Gasteiger partial charge in [0.25, 0.3) is 0 Å². The lowest BCUT2D eigenvalue weighted by Crippen LogP contribution is -2.35. The van der Waals surface area contributed by atoms with Gasteiger partial charge in [-0.3, -0.25) is 9.59 Å². The average Bonchev–Trinajstić information content (AvgIpc) is 3.01. The van der Waals surface area contributed by atoms with E-state index in [1.807, 2.05) is 0 Å². The number of hydrogen-bond donors (Lipinski definition) is 2. The molecular formula is C40H79NO3. The molecule has 0 fully saturated rings. The topological polar surface area (TPSA) is 66.4 Å². The molecule has 0 aromatic rings. The highest BCUT2D eigenvalue weighted by molar-refractivity contribution is 5.80. The minimum atomic E-state index is -0.892. The van der Waals surface area contributed by atoms with E-state index < -0.39 is 5.97 Å². The first-order valence-electron chi connectivity index (χ1n) is 20.1. The maximum Gasteiger partial charge on any atom is 0.303 e. The number of hydrogen-bond acceptors (Lipinski definition) is 2. The summed E-state index contributed by atoms with van der Waals surface area (Å²) in [6, 6.07) is 0.213. The smallest absolute Gasteiger partial charge is 0.303 e. The van der Waals surface area contributed by atoms with Gasteiger partial charge in [0.2, 0.25) is 5.91 Å². The summed E-state index contributed by atoms with van der Waals surface area (Å²) < 4.78 is 0. The molecule has 262 valence electrons. The highest BCUT2D eigenvalue weighted by atomic mass is 16.4. The molecule has 0 spiro atoms. The molecule has 0 rings (SSSR count). The van der Waals surface area contributed by atoms with E-state index in [0.29, 0.717) is 0 Å². The van der Waals surface area contributed by atoms with Crippen LogP contribution in [0.2, 0.25) is 0 Å². The monoisotopic (exact) mass is 622 g/mol. The zero-order valence-corrected chi connectivity index (χ0v) is 30.1. The molecular weight excluding hydrogens is 542 g/mol. The fourth-order valence-corrected chi connectivity index (χ4v) is 6.51. The van der Waals surface area contributed by atoms with Gasteiger partial charge in [-0.1, -0.05) is 213 Å². The highest BCUT2D eigenvalue weighted by Gasteiger charge is 2.13. The lowest BCUT2D eigenvalue weighted by atomic mass is 9.99. The third-order valence-electron chi connectivity index (χ3n) is 9.49. The van der Waals surface area contributed by atoms with Gasteiger partial charge in [-0.25, -0.2) is 0 Å². The summed E-state index contributed by atoms with van der Waals surface area (Å²) in [5.41, 5.74) is 0. The van der Waals surface area contributed by atoms with Crippen LogP contribution in [-0.4, -0.2) is 23.0 Å². The number of rotatable bonds is 37. The number of amides is 1. The Morgan fingerprint density at radius 3 is 0.909 bits per heavy atom. The van der Waals surface area contributed by atoms with Gasteiger partial charge >= 0.3 is 5.97 Å². The molecule has 4 heteroatoms. The molecule has 2 N–H and O–H groups in total. The van der Waals surface area contributed by atoms with E-state index in [1.54, 1.807) is 0 Å². The summed E-state index contributed by atoms with van der Waals surface area (Å²) in [6.45, 7) is 4.57. The van der Waals surface area contributed by atoms with Crippen molar-refractivity contribution in [2.24, 2.45) is 0 Å². The number of unbranched alkanes of at least 4 members (excludes halogenated alkanes) is 29. The van der Waals surface area contributed by atoms with Gasteiger partial charge in [0, 0.05) is 12.5 Å². The van der Waals surface area contributed by atoms with Crippen LogP contribution in [0.5, 0.6) is 0 Å². The second kappa shape index (κ2) is 36.4. The zero-order chi connectivity index (χ0) is 32.2. The van der Waals surface area contributed by atoms with Gasteiger partial charge in [0.1, 0.15) is 0 Å². The quantitative estimate of drug-likeness (QED) is 0.0678. The zero-order valence-electron chi connectivity index (χ0n) is 30.1. The number of carbonyl (C=O) groups excluding carboxylic acids is 1. The predicted octanol–water partition coefficient (Wildman–Crippen LogP) is 13.2. The van der Waals surface area contributed by atoms with Crippen molar-refractivity contribution in [3.05, 3.63) is 0 Å². The summed E-state index contributed by atoms with van der Waals surface area (Å²) in [6.07, 6.45) is 44.6. The second-order valence-electron chi connectivity index (χ2n) is 14.0. The van der Waals surface area contributed by atoms with Crippen LogP contribution in [0.4, 0.5) is 0 Å². The Kier molecular flexibility index (Phi) is 35.5. The van der Waals surface area contributed by atoms with Crippen molar-refractivity contribution in [1.29, 1.82) is 0 Å². The molecule has 1 atom stereocenters. The van der Waals surface area contributed by atoms with Crippen molar-refractivity contribution >= 4 is 11.9 Å². The Hall–Kier alpha value is -1.06. The molecule has 0 saturated carbocycles. The first-order valence-corrected chi connectivity index (χ1v) is 20.1. The fraction of sp³-hybridized carbons (Fsp3) is 0.950. The molecule has 4 nitrogen and oxygen atoms in total. The van der Waals surface area contributed by atoms with E-state index in [-0.39, 0.29) is 24.8 Å². The van der Waals surface area contributed by atoms with E-state index in [9.17, 15) is 9.59 Å². The highest BCUT2D eigenvalue weighted by Crippen LogP contribution is 2.18. The average molecular weight is 622 g/mol. The Labute approximate surface area is 276 Å². The van der Waals surface area contributed by atoms with Gasteiger partial charge < -0.3 is 10.4 Å². The van der Waals surface area contributed by atoms with Crippen LogP contribution in [0.3, 0.4) is 0 Å². The van der Waals surface area contributed by atoms with E-state index in [2.05, 4.69) is 19.2 Å². The minimum absolute atomic E-state index is 0.0729. The molecule has 0 saturated heterocycles. The molecule has 0 heterocycles. The van der Waals surface area contributed by atoms with Crippen LogP contribution < -0.4 is 5.32 Å². The second-order valence-corrected chi connectivity index (χ2v) is 14.0. The molecule has 0 bridgehead atoms. The lowest BCUT2D eigenvalue weighted by molar-refractivity contribution is -0.138. The van der Waals surface area contributed by atoms with Gasteiger partial charge in [0.05, 0.1) is 6.42 Å². The Morgan fingerprint density at radius 1 is 0.409 bits per heavy atom. The predicted molar refractivity (Wildman–Crippen MR) is 193 cm³/mol. The molecule has 44 heavy (non-hydrogen) atoms. The third-order valence-corrected chi connectivity index (χ3v) is 9.49. The minimum Gasteiger partial charge on any atom is -0.481 e. The number of nitrogens with one attached hydrogen (secondary N) is 1. The molecule has 0 radical (unpaired) electrons. The van der Waals surface area contributed by atoms with Gasteiger partial charge in [-0.2, -0.15) is 0 Å². The van der Waals surface area contributed by atoms with Crippen LogP contribution in [0, 0.1) is 0 Å². The molecule has 0 aromatic carbocycles. The van der Waals surface area contributed by atoms with Crippen molar-refractivity contribution in [2.45, 2.75) is 245 Å². The Morgan fingerprint density at radius 2 is 0.659 bits per heavy atom. The fourth-order valence-electron chi connectivity index (χ4n) is 6.51. The standard InChI is InChI=1S/C40H79NO3/c1-3-5-7-9-11-13-15-17-19-21-23-25-27-29-31-33-35-38(41-39(42)36-37-40(43)44)34-32-30-28-26-24-22-20-18-16-14-12-10-8-6-4-2/h38H,3-37H2,1-2H3,(H,41,42)(H,43,44). The molecule has 1 unspecified atom stereocenters. The molecule has 0 aliphatic heterocycles. The summed E-state index contributed by atoms with van der Waals surface area (Å²) in [5, 5.41) is 12.1.